The molecule has 0 amide bonds. The highest BCUT2D eigenvalue weighted by Gasteiger charge is 2.13. The molecule has 1 aliphatic rings. The summed E-state index contributed by atoms with van der Waals surface area (Å²) in [6, 6.07) is 13.9. The van der Waals surface area contributed by atoms with Crippen LogP contribution in [0.4, 0.5) is 23.0 Å². The second-order valence-corrected chi connectivity index (χ2v) is 5.98. The van der Waals surface area contributed by atoms with Crippen molar-refractivity contribution in [2.24, 2.45) is 0 Å². The van der Waals surface area contributed by atoms with Crippen molar-refractivity contribution in [3.05, 3.63) is 59.9 Å². The van der Waals surface area contributed by atoms with Gasteiger partial charge in [-0.15, -0.1) is 0 Å². The van der Waals surface area contributed by atoms with Gasteiger partial charge in [-0.3, -0.25) is 0 Å². The topological polar surface area (TPSA) is 68.3 Å². The van der Waals surface area contributed by atoms with Crippen LogP contribution in [0.2, 0.25) is 0 Å². The largest absolute Gasteiger partial charge is 0.454 e. The van der Waals surface area contributed by atoms with Crippen molar-refractivity contribution in [2.75, 3.05) is 17.4 Å². The van der Waals surface area contributed by atoms with E-state index >= 15 is 0 Å². The maximum atomic E-state index is 5.39. The van der Waals surface area contributed by atoms with Gasteiger partial charge < -0.3 is 20.1 Å². The second kappa shape index (κ2) is 6.32. The SMILES string of the molecule is Cc1cc(C)cc(Nc2cc(Nc3ccc4c(c3)OCO4)ncn2)c1. The number of anilines is 4. The van der Waals surface area contributed by atoms with Crippen LogP contribution in [-0.4, -0.2) is 16.8 Å². The van der Waals surface area contributed by atoms with Gasteiger partial charge in [-0.2, -0.15) is 0 Å². The van der Waals surface area contributed by atoms with Gasteiger partial charge in [0.15, 0.2) is 11.5 Å². The smallest absolute Gasteiger partial charge is 0.231 e. The molecule has 0 radical (unpaired) electrons. The number of nitrogens with zero attached hydrogens (tertiary/aromatic N) is 2. The molecule has 6 nitrogen and oxygen atoms in total. The van der Waals surface area contributed by atoms with E-state index in [2.05, 4.69) is 52.6 Å². The fourth-order valence-electron chi connectivity index (χ4n) is 2.81. The van der Waals surface area contributed by atoms with Crippen LogP contribution in [-0.2, 0) is 0 Å². The molecular formula is C19H18N4O2. The highest BCUT2D eigenvalue weighted by Crippen LogP contribution is 2.35. The summed E-state index contributed by atoms with van der Waals surface area (Å²) >= 11 is 0. The van der Waals surface area contributed by atoms with Gasteiger partial charge in [-0.1, -0.05) is 6.07 Å². The molecule has 0 saturated heterocycles. The average Bonchev–Trinajstić information content (AvgIpc) is 3.02. The van der Waals surface area contributed by atoms with E-state index in [0.717, 1.165) is 28.7 Å². The highest BCUT2D eigenvalue weighted by atomic mass is 16.7. The van der Waals surface area contributed by atoms with E-state index in [-0.39, 0.29) is 6.79 Å². The summed E-state index contributed by atoms with van der Waals surface area (Å²) in [5.41, 5.74) is 4.29. The molecule has 0 bridgehead atoms. The number of aromatic nitrogens is 2. The first-order valence-corrected chi connectivity index (χ1v) is 8.00. The number of ether oxygens (including phenoxy) is 2. The first-order valence-electron chi connectivity index (χ1n) is 8.00. The molecule has 0 spiro atoms. The Morgan fingerprint density at radius 3 is 2.20 bits per heavy atom. The fraction of sp³-hybridized carbons (Fsp3) is 0.158. The normalized spacial score (nSPS) is 12.1. The van der Waals surface area contributed by atoms with Crippen molar-refractivity contribution < 1.29 is 9.47 Å². The van der Waals surface area contributed by atoms with Gasteiger partial charge in [-0.05, 0) is 49.2 Å². The average molecular weight is 334 g/mol. The Morgan fingerprint density at radius 1 is 0.760 bits per heavy atom. The molecule has 2 heterocycles. The van der Waals surface area contributed by atoms with Crippen LogP contribution in [0, 0.1) is 13.8 Å². The molecule has 0 unspecified atom stereocenters. The number of fused-ring (bicyclic) bond motifs is 1. The third-order valence-corrected chi connectivity index (χ3v) is 3.81. The molecule has 4 rings (SSSR count). The first-order chi connectivity index (χ1) is 12.2. The monoisotopic (exact) mass is 334 g/mol. The molecule has 1 aliphatic heterocycles. The summed E-state index contributed by atoms with van der Waals surface area (Å²) in [6.45, 7) is 4.41. The highest BCUT2D eigenvalue weighted by molar-refractivity contribution is 5.65. The molecule has 0 atom stereocenters. The number of aryl methyl sites for hydroxylation is 2. The molecule has 0 aliphatic carbocycles. The van der Waals surface area contributed by atoms with E-state index in [0.29, 0.717) is 5.82 Å². The van der Waals surface area contributed by atoms with Gasteiger partial charge in [-0.25, -0.2) is 9.97 Å². The Kier molecular flexibility index (Phi) is 3.85. The summed E-state index contributed by atoms with van der Waals surface area (Å²) in [5, 5.41) is 6.57. The number of hydrogen-bond donors (Lipinski definition) is 2. The van der Waals surface area contributed by atoms with E-state index < -0.39 is 0 Å². The third-order valence-electron chi connectivity index (χ3n) is 3.81. The predicted octanol–water partition coefficient (Wildman–Crippen LogP) is 4.31. The van der Waals surface area contributed by atoms with Gasteiger partial charge in [0.25, 0.3) is 0 Å². The fourth-order valence-corrected chi connectivity index (χ4v) is 2.81. The molecule has 0 fully saturated rings. The van der Waals surface area contributed by atoms with Crippen LogP contribution >= 0.6 is 0 Å². The predicted molar refractivity (Wildman–Crippen MR) is 97.1 cm³/mol. The maximum absolute atomic E-state index is 5.39. The van der Waals surface area contributed by atoms with Gasteiger partial charge in [0.2, 0.25) is 6.79 Å². The molecular weight excluding hydrogens is 316 g/mol. The van der Waals surface area contributed by atoms with Crippen LogP contribution in [0.3, 0.4) is 0 Å². The molecule has 2 aromatic carbocycles. The van der Waals surface area contributed by atoms with Crippen molar-refractivity contribution in [2.45, 2.75) is 13.8 Å². The van der Waals surface area contributed by atoms with Crippen molar-refractivity contribution >= 4 is 23.0 Å². The standard InChI is InChI=1S/C19H18N4O2/c1-12-5-13(2)7-15(6-12)23-19-9-18(20-10-21-19)22-14-3-4-16-17(8-14)25-11-24-16/h3-10H,11H2,1-2H3,(H2,20,21,22,23). The Hall–Kier alpha value is -3.28. The first kappa shape index (κ1) is 15.3. The van der Waals surface area contributed by atoms with Crippen LogP contribution in [0.1, 0.15) is 11.1 Å². The molecule has 6 heteroatoms. The number of nitrogens with one attached hydrogen (secondary N) is 2. The zero-order chi connectivity index (χ0) is 17.2. The van der Waals surface area contributed by atoms with Crippen molar-refractivity contribution in [3.8, 4) is 11.5 Å². The molecule has 126 valence electrons. The minimum absolute atomic E-state index is 0.260. The Bertz CT molecular complexity index is 907. The minimum Gasteiger partial charge on any atom is -0.454 e. The maximum Gasteiger partial charge on any atom is 0.231 e. The second-order valence-electron chi connectivity index (χ2n) is 5.98. The Morgan fingerprint density at radius 2 is 1.44 bits per heavy atom. The molecule has 25 heavy (non-hydrogen) atoms. The minimum atomic E-state index is 0.260. The van der Waals surface area contributed by atoms with E-state index in [1.165, 1.54) is 17.5 Å². The molecule has 1 aromatic heterocycles. The summed E-state index contributed by atoms with van der Waals surface area (Å²) in [7, 11) is 0. The number of rotatable bonds is 4. The van der Waals surface area contributed by atoms with Gasteiger partial charge >= 0.3 is 0 Å². The van der Waals surface area contributed by atoms with Crippen LogP contribution in [0.5, 0.6) is 11.5 Å². The lowest BCUT2D eigenvalue weighted by atomic mass is 10.1. The van der Waals surface area contributed by atoms with Crippen molar-refractivity contribution in [1.82, 2.24) is 9.97 Å². The molecule has 3 aromatic rings. The van der Waals surface area contributed by atoms with E-state index in [4.69, 9.17) is 9.47 Å². The number of hydrogen-bond acceptors (Lipinski definition) is 6. The van der Waals surface area contributed by atoms with Gasteiger partial charge in [0.1, 0.15) is 18.0 Å². The summed E-state index contributed by atoms with van der Waals surface area (Å²) in [4.78, 5) is 8.56. The van der Waals surface area contributed by atoms with Gasteiger partial charge in [0, 0.05) is 23.5 Å². The number of benzene rings is 2. The molecule has 0 saturated carbocycles. The summed E-state index contributed by atoms with van der Waals surface area (Å²) in [5.74, 6) is 2.90. The van der Waals surface area contributed by atoms with E-state index in [9.17, 15) is 0 Å². The molecule has 2 N–H and O–H groups in total. The lowest BCUT2D eigenvalue weighted by Crippen LogP contribution is -1.99. The summed E-state index contributed by atoms with van der Waals surface area (Å²) < 4.78 is 10.7. The summed E-state index contributed by atoms with van der Waals surface area (Å²) in [6.07, 6.45) is 1.53. The zero-order valence-electron chi connectivity index (χ0n) is 14.0. The van der Waals surface area contributed by atoms with Crippen LogP contribution in [0.25, 0.3) is 0 Å². The van der Waals surface area contributed by atoms with Crippen LogP contribution < -0.4 is 20.1 Å². The Balaban J connectivity index is 1.53. The Labute approximate surface area is 145 Å². The van der Waals surface area contributed by atoms with Crippen molar-refractivity contribution in [1.29, 1.82) is 0 Å². The van der Waals surface area contributed by atoms with E-state index in [1.807, 2.05) is 24.3 Å². The quantitative estimate of drug-likeness (QED) is 0.741. The third kappa shape index (κ3) is 3.47. The van der Waals surface area contributed by atoms with E-state index in [1.54, 1.807) is 0 Å². The van der Waals surface area contributed by atoms with Crippen molar-refractivity contribution in [3.63, 3.8) is 0 Å². The van der Waals surface area contributed by atoms with Crippen LogP contribution in [0.15, 0.2) is 48.8 Å². The van der Waals surface area contributed by atoms with Gasteiger partial charge in [0.05, 0.1) is 0 Å². The lowest BCUT2D eigenvalue weighted by molar-refractivity contribution is 0.174. The zero-order valence-corrected chi connectivity index (χ0v) is 14.0. The lowest BCUT2D eigenvalue weighted by Gasteiger charge is -2.10.